The van der Waals surface area contributed by atoms with Crippen molar-refractivity contribution in [1.82, 2.24) is 4.98 Å². The van der Waals surface area contributed by atoms with Crippen LogP contribution in [0.25, 0.3) is 6.08 Å². The van der Waals surface area contributed by atoms with Crippen LogP contribution < -0.4 is 0 Å². The van der Waals surface area contributed by atoms with E-state index in [-0.39, 0.29) is 0 Å². The Morgan fingerprint density at radius 3 is 2.08 bits per heavy atom. The molecule has 1 aromatic rings. The lowest BCUT2D eigenvalue weighted by Crippen LogP contribution is -2.04. The van der Waals surface area contributed by atoms with Crippen molar-refractivity contribution in [2.24, 2.45) is 0 Å². The standard InChI is InChI=1S/C15H13NS8/c1-17-10-11(18-2)22-14(21-10)15-23-12-13(24-15)20-9(19-12)6-8-4-3-5-16-7-8/h3-7,10-11H,1-2H3. The molecule has 0 spiro atoms. The predicted octanol–water partition coefficient (Wildman–Crippen LogP) is 7.45. The molecule has 1 nitrogen and oxygen atoms in total. The molecular formula is C15H13NS8. The first-order chi connectivity index (χ1) is 11.8. The molecule has 3 aliphatic heterocycles. The van der Waals surface area contributed by atoms with Crippen molar-refractivity contribution in [2.75, 3.05) is 12.5 Å². The molecule has 0 bridgehead atoms. The van der Waals surface area contributed by atoms with Crippen LogP contribution in [0.3, 0.4) is 0 Å². The minimum absolute atomic E-state index is 0.672. The van der Waals surface area contributed by atoms with Crippen LogP contribution in [0, 0.1) is 0 Å². The van der Waals surface area contributed by atoms with Crippen LogP contribution in [0.1, 0.15) is 5.56 Å². The Balaban J connectivity index is 1.44. The average molecular weight is 464 g/mol. The largest absolute Gasteiger partial charge is 0.264 e. The van der Waals surface area contributed by atoms with Gasteiger partial charge in [-0.05, 0) is 30.2 Å². The molecule has 1 saturated heterocycles. The number of rotatable bonds is 3. The van der Waals surface area contributed by atoms with Crippen LogP contribution in [0.5, 0.6) is 0 Å². The number of hydrogen-bond acceptors (Lipinski definition) is 9. The van der Waals surface area contributed by atoms with E-state index in [1.807, 2.05) is 89.0 Å². The Hall–Kier alpha value is 1.17. The van der Waals surface area contributed by atoms with Gasteiger partial charge in [-0.3, -0.25) is 4.98 Å². The van der Waals surface area contributed by atoms with Gasteiger partial charge in [-0.1, -0.05) is 53.1 Å². The first-order valence-electron chi connectivity index (χ1n) is 6.97. The van der Waals surface area contributed by atoms with E-state index in [9.17, 15) is 0 Å². The number of thioether (sulfide) groups is 8. The van der Waals surface area contributed by atoms with E-state index in [4.69, 9.17) is 0 Å². The van der Waals surface area contributed by atoms with Crippen molar-refractivity contribution in [1.29, 1.82) is 0 Å². The molecule has 3 aliphatic rings. The number of aromatic nitrogens is 1. The maximum atomic E-state index is 4.19. The van der Waals surface area contributed by atoms with Gasteiger partial charge in [0.1, 0.15) is 0 Å². The second kappa shape index (κ2) is 8.46. The fraction of sp³-hybridized carbons (Fsp3) is 0.267. The van der Waals surface area contributed by atoms with Crippen LogP contribution in [-0.2, 0) is 0 Å². The number of hydrogen-bond donors (Lipinski definition) is 0. The van der Waals surface area contributed by atoms with Gasteiger partial charge in [-0.15, -0.1) is 47.0 Å². The average Bonchev–Trinajstić information content (AvgIpc) is 3.27. The molecule has 1 aromatic heterocycles. The molecule has 1 fully saturated rings. The van der Waals surface area contributed by atoms with Gasteiger partial charge in [0.2, 0.25) is 0 Å². The molecule has 0 amide bonds. The normalized spacial score (nSPS) is 26.5. The molecule has 9 heteroatoms. The third-order valence-corrected chi connectivity index (χ3v) is 15.5. The summed E-state index contributed by atoms with van der Waals surface area (Å²) in [6, 6.07) is 4.10. The molecule has 2 atom stereocenters. The summed E-state index contributed by atoms with van der Waals surface area (Å²) < 4.78 is 8.63. The van der Waals surface area contributed by atoms with Gasteiger partial charge < -0.3 is 0 Å². The molecular weight excluding hydrogens is 451 g/mol. The number of pyridine rings is 1. The zero-order chi connectivity index (χ0) is 16.5. The van der Waals surface area contributed by atoms with Crippen LogP contribution >= 0.6 is 94.1 Å². The summed E-state index contributed by atoms with van der Waals surface area (Å²) in [6.45, 7) is 0. The van der Waals surface area contributed by atoms with Crippen LogP contribution in [0.4, 0.5) is 0 Å². The van der Waals surface area contributed by atoms with E-state index < -0.39 is 0 Å². The highest BCUT2D eigenvalue weighted by Gasteiger charge is 2.37. The van der Waals surface area contributed by atoms with E-state index in [0.717, 1.165) is 0 Å². The van der Waals surface area contributed by atoms with Gasteiger partial charge in [0.15, 0.2) is 0 Å². The first-order valence-corrected chi connectivity index (χ1v) is 14.6. The summed E-state index contributed by atoms with van der Waals surface area (Å²) >= 11 is 15.8. The molecule has 24 heavy (non-hydrogen) atoms. The lowest BCUT2D eigenvalue weighted by atomic mass is 10.3. The molecule has 0 aromatic carbocycles. The molecule has 2 unspecified atom stereocenters. The third kappa shape index (κ3) is 4.03. The molecule has 0 saturated carbocycles. The lowest BCUT2D eigenvalue weighted by molar-refractivity contribution is 1.32. The summed E-state index contributed by atoms with van der Waals surface area (Å²) in [7, 11) is 0. The van der Waals surface area contributed by atoms with Crippen LogP contribution in [-0.4, -0.2) is 26.7 Å². The minimum atomic E-state index is 0.672. The summed E-state index contributed by atoms with van der Waals surface area (Å²) in [5.41, 5.74) is 1.18. The van der Waals surface area contributed by atoms with E-state index in [0.29, 0.717) is 9.16 Å². The van der Waals surface area contributed by atoms with Gasteiger partial charge in [-0.2, -0.15) is 0 Å². The maximum absolute atomic E-state index is 4.19. The summed E-state index contributed by atoms with van der Waals surface area (Å²) in [5.74, 6) is 0. The Kier molecular flexibility index (Phi) is 6.53. The second-order valence-corrected chi connectivity index (χ2v) is 15.0. The lowest BCUT2D eigenvalue weighted by Gasteiger charge is -2.10. The summed E-state index contributed by atoms with van der Waals surface area (Å²) in [6.07, 6.45) is 10.4. The highest BCUT2D eigenvalue weighted by Crippen LogP contribution is 2.70. The van der Waals surface area contributed by atoms with Crippen LogP contribution in [0.15, 0.2) is 45.7 Å². The van der Waals surface area contributed by atoms with Crippen molar-refractivity contribution in [3.05, 3.63) is 51.3 Å². The summed E-state index contributed by atoms with van der Waals surface area (Å²) in [5, 5.41) is 0. The Morgan fingerprint density at radius 1 is 0.917 bits per heavy atom. The number of nitrogens with zero attached hydrogens (tertiary/aromatic N) is 1. The van der Waals surface area contributed by atoms with Crippen molar-refractivity contribution in [3.63, 3.8) is 0 Å². The van der Waals surface area contributed by atoms with E-state index in [2.05, 4.69) is 53.2 Å². The van der Waals surface area contributed by atoms with Crippen molar-refractivity contribution in [3.8, 4) is 0 Å². The first kappa shape index (κ1) is 18.5. The Morgan fingerprint density at radius 2 is 1.54 bits per heavy atom. The van der Waals surface area contributed by atoms with Crippen molar-refractivity contribution in [2.45, 2.75) is 9.16 Å². The molecule has 0 N–H and O–H groups in total. The van der Waals surface area contributed by atoms with E-state index in [1.54, 1.807) is 0 Å². The second-order valence-electron chi connectivity index (χ2n) is 4.75. The monoisotopic (exact) mass is 463 g/mol. The molecule has 0 aliphatic carbocycles. The highest BCUT2D eigenvalue weighted by atomic mass is 32.3. The Bertz CT molecular complexity index is 690. The zero-order valence-corrected chi connectivity index (χ0v) is 19.3. The van der Waals surface area contributed by atoms with Gasteiger partial charge in [0, 0.05) is 12.4 Å². The van der Waals surface area contributed by atoms with Crippen molar-refractivity contribution >= 4 is 100 Å². The Labute approximate surface area is 176 Å². The molecule has 4 heterocycles. The van der Waals surface area contributed by atoms with E-state index in [1.165, 1.54) is 26.7 Å². The maximum Gasteiger partial charge on any atom is 0.0765 e. The smallest absolute Gasteiger partial charge is 0.0765 e. The summed E-state index contributed by atoms with van der Waals surface area (Å²) in [4.78, 5) is 4.19. The minimum Gasteiger partial charge on any atom is -0.264 e. The topological polar surface area (TPSA) is 12.9 Å². The molecule has 0 radical (unpaired) electrons. The fourth-order valence-corrected chi connectivity index (χ4v) is 15.0. The van der Waals surface area contributed by atoms with Gasteiger partial charge in [-0.25, -0.2) is 0 Å². The molecule has 4 rings (SSSR count). The van der Waals surface area contributed by atoms with Crippen molar-refractivity contribution < 1.29 is 0 Å². The van der Waals surface area contributed by atoms with E-state index >= 15 is 0 Å². The quantitative estimate of drug-likeness (QED) is 0.449. The van der Waals surface area contributed by atoms with Gasteiger partial charge >= 0.3 is 0 Å². The third-order valence-electron chi connectivity index (χ3n) is 3.19. The highest BCUT2D eigenvalue weighted by molar-refractivity contribution is 8.49. The van der Waals surface area contributed by atoms with Gasteiger partial charge in [0.05, 0.1) is 30.3 Å². The van der Waals surface area contributed by atoms with Gasteiger partial charge in [0.25, 0.3) is 0 Å². The predicted molar refractivity (Wildman–Crippen MR) is 126 cm³/mol. The van der Waals surface area contributed by atoms with Crippen LogP contribution in [0.2, 0.25) is 0 Å². The molecule has 126 valence electrons. The SMILES string of the molecule is CSC1SC(=C2SC3=C(SC(=Cc4cccnc4)S3)S2)SC1SC. The fourth-order valence-electron chi connectivity index (χ4n) is 2.11. The zero-order valence-electron chi connectivity index (χ0n) is 12.8.